The number of aryl methyl sites for hydroxylation is 2. The zero-order valence-electron chi connectivity index (χ0n) is 19.8. The maximum Gasteiger partial charge on any atom is 0.253 e. The lowest BCUT2D eigenvalue weighted by atomic mass is 9.89. The molecule has 2 heterocycles. The van der Waals surface area contributed by atoms with Crippen LogP contribution in [-0.2, 0) is 22.2 Å². The summed E-state index contributed by atoms with van der Waals surface area (Å²) in [5, 5.41) is 5.49. The fourth-order valence-corrected chi connectivity index (χ4v) is 5.80. The van der Waals surface area contributed by atoms with Gasteiger partial charge in [-0.15, -0.1) is 0 Å². The highest BCUT2D eigenvalue weighted by molar-refractivity contribution is 7.82. The number of aliphatic imine (C=N–C) groups is 1. The SMILES string of the molecule is CNC(=O)c1ccc(CCS(=O)N2CCC3(CC2)N=C(c2ccccc2/C=C/F)NC3=O)c(C)c1. The lowest BCUT2D eigenvalue weighted by Crippen LogP contribution is -2.49. The van der Waals surface area contributed by atoms with Crippen molar-refractivity contribution >= 4 is 34.7 Å². The Morgan fingerprint density at radius 2 is 2.00 bits per heavy atom. The van der Waals surface area contributed by atoms with Gasteiger partial charge < -0.3 is 10.6 Å². The second-order valence-corrected chi connectivity index (χ2v) is 10.3. The quantitative estimate of drug-likeness (QED) is 0.618. The molecule has 2 N–H and O–H groups in total. The van der Waals surface area contributed by atoms with E-state index in [-0.39, 0.29) is 11.8 Å². The molecule has 2 aromatic rings. The van der Waals surface area contributed by atoms with E-state index in [0.717, 1.165) is 11.1 Å². The van der Waals surface area contributed by atoms with Crippen LogP contribution in [0.5, 0.6) is 0 Å². The van der Waals surface area contributed by atoms with Crippen LogP contribution in [0, 0.1) is 6.92 Å². The smallest absolute Gasteiger partial charge is 0.253 e. The number of nitrogens with one attached hydrogen (secondary N) is 2. The summed E-state index contributed by atoms with van der Waals surface area (Å²) in [4.78, 5) is 29.4. The van der Waals surface area contributed by atoms with Crippen molar-refractivity contribution in [3.63, 3.8) is 0 Å². The summed E-state index contributed by atoms with van der Waals surface area (Å²) in [6, 6.07) is 12.7. The first kappa shape index (κ1) is 24.9. The normalized spacial score (nSPS) is 18.5. The van der Waals surface area contributed by atoms with Gasteiger partial charge in [-0.25, -0.2) is 12.9 Å². The molecule has 2 aliphatic heterocycles. The van der Waals surface area contributed by atoms with Crippen LogP contribution in [0.2, 0.25) is 0 Å². The Labute approximate surface area is 207 Å². The number of piperidine rings is 1. The van der Waals surface area contributed by atoms with E-state index in [4.69, 9.17) is 4.99 Å². The summed E-state index contributed by atoms with van der Waals surface area (Å²) >= 11 is 0. The Morgan fingerprint density at radius 1 is 1.26 bits per heavy atom. The van der Waals surface area contributed by atoms with Crippen LogP contribution in [0.3, 0.4) is 0 Å². The summed E-state index contributed by atoms with van der Waals surface area (Å²) < 4.78 is 27.7. The summed E-state index contributed by atoms with van der Waals surface area (Å²) in [5.74, 6) is 0.629. The van der Waals surface area contributed by atoms with E-state index in [2.05, 4.69) is 10.6 Å². The summed E-state index contributed by atoms with van der Waals surface area (Å²) in [6.07, 6.45) is 3.38. The molecule has 2 aliphatic rings. The van der Waals surface area contributed by atoms with Gasteiger partial charge in [-0.1, -0.05) is 30.3 Å². The fraction of sp³-hybridized carbons (Fsp3) is 0.346. The lowest BCUT2D eigenvalue weighted by molar-refractivity contribution is -0.124. The standard InChI is InChI=1S/C26H29FN4O3S/c1-18-17-21(24(32)28-2)8-7-19(18)10-16-35(34)31-14-11-26(12-15-31)25(33)29-23(30-26)22-6-4-3-5-20(22)9-13-27/h3-9,13,17H,10-12,14-16H2,1-2H3,(H,28,32)(H,29,30,33)/b13-9+. The Kier molecular flexibility index (Phi) is 7.57. The van der Waals surface area contributed by atoms with E-state index in [1.807, 2.05) is 29.4 Å². The number of rotatable bonds is 7. The number of benzene rings is 2. The van der Waals surface area contributed by atoms with Gasteiger partial charge in [0.2, 0.25) is 0 Å². The summed E-state index contributed by atoms with van der Waals surface area (Å²) in [7, 11) is 0.412. The van der Waals surface area contributed by atoms with Crippen molar-refractivity contribution in [2.75, 3.05) is 25.9 Å². The molecule has 2 aromatic carbocycles. The molecule has 184 valence electrons. The van der Waals surface area contributed by atoms with Crippen molar-refractivity contribution in [3.8, 4) is 0 Å². The number of carbonyl (C=O) groups excluding carboxylic acids is 2. The molecule has 35 heavy (non-hydrogen) atoms. The van der Waals surface area contributed by atoms with Crippen LogP contribution in [-0.4, -0.2) is 57.6 Å². The summed E-state index contributed by atoms with van der Waals surface area (Å²) in [5.41, 5.74) is 3.10. The van der Waals surface area contributed by atoms with Crippen LogP contribution in [0.1, 0.15) is 45.5 Å². The molecule has 1 saturated heterocycles. The average Bonchev–Trinajstić information content (AvgIpc) is 3.18. The van der Waals surface area contributed by atoms with Gasteiger partial charge in [0.05, 0.1) is 17.3 Å². The van der Waals surface area contributed by atoms with Gasteiger partial charge in [0, 0.05) is 37.0 Å². The fourth-order valence-electron chi connectivity index (χ4n) is 4.56. The molecule has 1 unspecified atom stereocenters. The van der Waals surface area contributed by atoms with E-state index < -0.39 is 16.5 Å². The van der Waals surface area contributed by atoms with Crippen LogP contribution >= 0.6 is 0 Å². The lowest BCUT2D eigenvalue weighted by Gasteiger charge is -2.34. The Hall–Kier alpha value is -3.17. The molecule has 1 fully saturated rings. The minimum Gasteiger partial charge on any atom is -0.355 e. The molecule has 0 saturated carbocycles. The first-order valence-corrected chi connectivity index (χ1v) is 12.9. The van der Waals surface area contributed by atoms with E-state index in [9.17, 15) is 18.2 Å². The largest absolute Gasteiger partial charge is 0.355 e. The van der Waals surface area contributed by atoms with Gasteiger partial charge in [0.15, 0.2) is 0 Å². The molecule has 7 nitrogen and oxygen atoms in total. The van der Waals surface area contributed by atoms with Gasteiger partial charge in [0.1, 0.15) is 11.4 Å². The maximum atomic E-state index is 13.0. The molecular formula is C26H29FN4O3S. The number of amides is 2. The van der Waals surface area contributed by atoms with Gasteiger partial charge in [-0.2, -0.15) is 0 Å². The minimum atomic E-state index is -1.19. The van der Waals surface area contributed by atoms with Crippen LogP contribution in [0.25, 0.3) is 6.08 Å². The highest BCUT2D eigenvalue weighted by Gasteiger charge is 2.46. The predicted molar refractivity (Wildman–Crippen MR) is 136 cm³/mol. The van der Waals surface area contributed by atoms with Gasteiger partial charge >= 0.3 is 0 Å². The first-order valence-electron chi connectivity index (χ1n) is 11.6. The monoisotopic (exact) mass is 496 g/mol. The van der Waals surface area contributed by atoms with Gasteiger partial charge in [0.25, 0.3) is 11.8 Å². The van der Waals surface area contributed by atoms with Crippen molar-refractivity contribution in [2.45, 2.75) is 31.7 Å². The predicted octanol–water partition coefficient (Wildman–Crippen LogP) is 2.91. The topological polar surface area (TPSA) is 90.9 Å². The molecule has 9 heteroatoms. The molecule has 1 atom stereocenters. The third kappa shape index (κ3) is 5.26. The van der Waals surface area contributed by atoms with Gasteiger partial charge in [-0.05, 0) is 61.1 Å². The van der Waals surface area contributed by atoms with Crippen molar-refractivity contribution in [3.05, 3.63) is 76.6 Å². The third-order valence-corrected chi connectivity index (χ3v) is 8.15. The van der Waals surface area contributed by atoms with Crippen molar-refractivity contribution in [2.24, 2.45) is 4.99 Å². The van der Waals surface area contributed by atoms with Crippen LogP contribution < -0.4 is 10.6 Å². The second-order valence-electron chi connectivity index (χ2n) is 8.75. The number of carbonyl (C=O) groups is 2. The van der Waals surface area contributed by atoms with Crippen molar-refractivity contribution in [1.82, 2.24) is 14.9 Å². The molecule has 4 rings (SSSR count). The number of hydrogen-bond donors (Lipinski definition) is 2. The molecule has 0 aliphatic carbocycles. The Bertz CT molecular complexity index is 1220. The van der Waals surface area contributed by atoms with Crippen LogP contribution in [0.15, 0.2) is 53.8 Å². The first-order chi connectivity index (χ1) is 16.9. The van der Waals surface area contributed by atoms with Crippen molar-refractivity contribution in [1.29, 1.82) is 0 Å². The molecule has 0 radical (unpaired) electrons. The van der Waals surface area contributed by atoms with E-state index >= 15 is 0 Å². The molecule has 0 aromatic heterocycles. The van der Waals surface area contributed by atoms with Gasteiger partial charge in [-0.3, -0.25) is 14.6 Å². The van der Waals surface area contributed by atoms with E-state index in [1.54, 1.807) is 31.3 Å². The second kappa shape index (κ2) is 10.6. The molecular weight excluding hydrogens is 467 g/mol. The minimum absolute atomic E-state index is 0.130. The number of amidine groups is 1. The molecule has 0 bridgehead atoms. The maximum absolute atomic E-state index is 13.0. The summed E-state index contributed by atoms with van der Waals surface area (Å²) in [6.45, 7) is 2.94. The Balaban J connectivity index is 1.38. The van der Waals surface area contributed by atoms with Crippen LogP contribution in [0.4, 0.5) is 4.39 Å². The molecule has 2 amide bonds. The zero-order chi connectivity index (χ0) is 25.0. The van der Waals surface area contributed by atoms with E-state index in [0.29, 0.717) is 67.0 Å². The number of nitrogens with zero attached hydrogens (tertiary/aromatic N) is 2. The number of halogens is 1. The zero-order valence-corrected chi connectivity index (χ0v) is 20.7. The third-order valence-electron chi connectivity index (χ3n) is 6.65. The average molecular weight is 497 g/mol. The molecule has 1 spiro atoms. The van der Waals surface area contributed by atoms with Crippen molar-refractivity contribution < 1.29 is 18.2 Å². The highest BCUT2D eigenvalue weighted by atomic mass is 32.2. The van der Waals surface area contributed by atoms with E-state index in [1.165, 1.54) is 6.08 Å². The Morgan fingerprint density at radius 3 is 2.69 bits per heavy atom. The number of hydrogen-bond acceptors (Lipinski definition) is 4. The highest BCUT2D eigenvalue weighted by Crippen LogP contribution is 2.32.